The van der Waals surface area contributed by atoms with E-state index in [0.29, 0.717) is 0 Å². The third-order valence-corrected chi connectivity index (χ3v) is 2.82. The van der Waals surface area contributed by atoms with E-state index in [9.17, 15) is 9.59 Å². The number of Topliss-reactive ketones (excluding diaryl/α,β-unsaturated/α-hetero) is 1. The largest absolute Gasteiger partial charge is 0.331 e. The molecule has 0 radical (unpaired) electrons. The Morgan fingerprint density at radius 3 is 2.72 bits per heavy atom. The van der Waals surface area contributed by atoms with Crippen LogP contribution >= 0.6 is 0 Å². The molecule has 1 aromatic rings. The lowest BCUT2D eigenvalue weighted by Crippen LogP contribution is -2.45. The Kier molecular flexibility index (Phi) is 3.66. The van der Waals surface area contributed by atoms with Crippen LogP contribution in [-0.2, 0) is 4.79 Å². The summed E-state index contributed by atoms with van der Waals surface area (Å²) in [4.78, 5) is 33.2. The van der Waals surface area contributed by atoms with Crippen molar-refractivity contribution in [1.29, 1.82) is 0 Å². The fourth-order valence-corrected chi connectivity index (χ4v) is 1.71. The van der Waals surface area contributed by atoms with Crippen LogP contribution in [0.4, 0.5) is 0 Å². The van der Waals surface area contributed by atoms with Crippen molar-refractivity contribution in [1.82, 2.24) is 14.9 Å². The van der Waals surface area contributed by atoms with E-state index in [-0.39, 0.29) is 30.0 Å². The summed E-state index contributed by atoms with van der Waals surface area (Å²) in [5, 5.41) is 0. The van der Waals surface area contributed by atoms with Crippen molar-refractivity contribution < 1.29 is 9.59 Å². The number of carbonyl (C=O) groups is 2. The number of hydrogen-bond donors (Lipinski definition) is 1. The minimum Gasteiger partial charge on any atom is -0.331 e. The number of rotatable bonds is 5. The molecule has 6 nitrogen and oxygen atoms in total. The predicted molar refractivity (Wildman–Crippen MR) is 64.7 cm³/mol. The number of nitrogens with zero attached hydrogens (tertiary/aromatic N) is 3. The summed E-state index contributed by atoms with van der Waals surface area (Å²) in [7, 11) is 0. The molecule has 2 N–H and O–H groups in total. The third-order valence-electron chi connectivity index (χ3n) is 2.82. The molecule has 0 aliphatic heterocycles. The fraction of sp³-hybridized carbons (Fsp3) is 0.500. The first-order chi connectivity index (χ1) is 8.59. The molecule has 0 spiro atoms. The highest BCUT2D eigenvalue weighted by Crippen LogP contribution is 2.27. The van der Waals surface area contributed by atoms with Crippen LogP contribution in [0.5, 0.6) is 0 Å². The zero-order valence-electron chi connectivity index (χ0n) is 10.2. The van der Waals surface area contributed by atoms with Gasteiger partial charge in [-0.2, -0.15) is 0 Å². The topological polar surface area (TPSA) is 89.2 Å². The van der Waals surface area contributed by atoms with Gasteiger partial charge in [-0.3, -0.25) is 14.6 Å². The van der Waals surface area contributed by atoms with Crippen LogP contribution in [0, 0.1) is 0 Å². The van der Waals surface area contributed by atoms with E-state index in [1.165, 1.54) is 18.6 Å². The monoisotopic (exact) mass is 248 g/mol. The lowest BCUT2D eigenvalue weighted by molar-refractivity contribution is -0.132. The Bertz CT molecular complexity index is 443. The smallest absolute Gasteiger partial charge is 0.239 e. The lowest BCUT2D eigenvalue weighted by atomic mass is 10.2. The maximum Gasteiger partial charge on any atom is 0.239 e. The SMILES string of the molecule is CC(N)C(=O)N(CC(=O)c1cnccn1)C1CC1. The van der Waals surface area contributed by atoms with Crippen molar-refractivity contribution in [3.05, 3.63) is 24.3 Å². The van der Waals surface area contributed by atoms with Gasteiger partial charge in [0.25, 0.3) is 0 Å². The first-order valence-electron chi connectivity index (χ1n) is 5.95. The molecule has 1 heterocycles. The molecule has 1 atom stereocenters. The number of aromatic nitrogens is 2. The predicted octanol–water partition coefficient (Wildman–Crippen LogP) is -0.00250. The first kappa shape index (κ1) is 12.6. The molecule has 0 saturated heterocycles. The van der Waals surface area contributed by atoms with E-state index >= 15 is 0 Å². The van der Waals surface area contributed by atoms with E-state index in [1.807, 2.05) is 0 Å². The third kappa shape index (κ3) is 2.89. The maximum atomic E-state index is 12.0. The normalized spacial score (nSPS) is 16.1. The van der Waals surface area contributed by atoms with Gasteiger partial charge in [-0.05, 0) is 19.8 Å². The molecule has 1 aliphatic rings. The molecule has 6 heteroatoms. The fourth-order valence-electron chi connectivity index (χ4n) is 1.71. The van der Waals surface area contributed by atoms with Crippen molar-refractivity contribution in [3.63, 3.8) is 0 Å². The van der Waals surface area contributed by atoms with Gasteiger partial charge in [0.1, 0.15) is 5.69 Å². The van der Waals surface area contributed by atoms with Gasteiger partial charge in [-0.25, -0.2) is 4.98 Å². The second-order valence-electron chi connectivity index (χ2n) is 4.50. The minimum absolute atomic E-state index is 0.0315. The van der Waals surface area contributed by atoms with Crippen molar-refractivity contribution in [3.8, 4) is 0 Å². The standard InChI is InChI=1S/C12H16N4O2/c1-8(13)12(18)16(9-2-3-9)7-11(17)10-6-14-4-5-15-10/h4-6,8-9H,2-3,7,13H2,1H3. The second kappa shape index (κ2) is 5.22. The second-order valence-corrected chi connectivity index (χ2v) is 4.50. The first-order valence-corrected chi connectivity index (χ1v) is 5.95. The Morgan fingerprint density at radius 2 is 2.22 bits per heavy atom. The maximum absolute atomic E-state index is 12.0. The molecule has 1 aliphatic carbocycles. The van der Waals surface area contributed by atoms with E-state index in [0.717, 1.165) is 12.8 Å². The molecule has 2 rings (SSSR count). The molecule has 1 unspecified atom stereocenters. The molecule has 1 amide bonds. The Labute approximate surface area is 105 Å². The molecular formula is C12H16N4O2. The highest BCUT2D eigenvalue weighted by Gasteiger charge is 2.35. The molecule has 0 bridgehead atoms. The molecule has 1 aromatic heterocycles. The summed E-state index contributed by atoms with van der Waals surface area (Å²) in [5.74, 6) is -0.390. The zero-order valence-corrected chi connectivity index (χ0v) is 10.2. The van der Waals surface area contributed by atoms with Gasteiger partial charge in [0.05, 0.1) is 18.8 Å². The number of amides is 1. The quantitative estimate of drug-likeness (QED) is 0.741. The summed E-state index contributed by atoms with van der Waals surface area (Å²) in [6.45, 7) is 1.66. The van der Waals surface area contributed by atoms with Gasteiger partial charge in [0.15, 0.2) is 0 Å². The van der Waals surface area contributed by atoms with Crippen molar-refractivity contribution in [2.75, 3.05) is 6.54 Å². The van der Waals surface area contributed by atoms with E-state index in [2.05, 4.69) is 9.97 Å². The van der Waals surface area contributed by atoms with Crippen LogP contribution in [0.1, 0.15) is 30.3 Å². The van der Waals surface area contributed by atoms with Crippen LogP contribution in [0.25, 0.3) is 0 Å². The van der Waals surface area contributed by atoms with Gasteiger partial charge < -0.3 is 10.6 Å². The number of carbonyl (C=O) groups excluding carboxylic acids is 2. The van der Waals surface area contributed by atoms with Gasteiger partial charge in [-0.15, -0.1) is 0 Å². The van der Waals surface area contributed by atoms with Gasteiger partial charge in [-0.1, -0.05) is 0 Å². The van der Waals surface area contributed by atoms with Crippen molar-refractivity contribution in [2.24, 2.45) is 5.73 Å². The number of nitrogens with two attached hydrogens (primary N) is 1. The summed E-state index contributed by atoms with van der Waals surface area (Å²) >= 11 is 0. The summed E-state index contributed by atoms with van der Waals surface area (Å²) < 4.78 is 0. The van der Waals surface area contributed by atoms with E-state index < -0.39 is 6.04 Å². The van der Waals surface area contributed by atoms with E-state index in [1.54, 1.807) is 11.8 Å². The molecule has 1 fully saturated rings. The van der Waals surface area contributed by atoms with Gasteiger partial charge in [0, 0.05) is 18.4 Å². The summed E-state index contributed by atoms with van der Waals surface area (Å²) in [6, 6.07) is -0.427. The van der Waals surface area contributed by atoms with E-state index in [4.69, 9.17) is 5.73 Å². The summed E-state index contributed by atoms with van der Waals surface area (Å²) in [5.41, 5.74) is 5.86. The Hall–Kier alpha value is -1.82. The average molecular weight is 248 g/mol. The van der Waals surface area contributed by atoms with Crippen LogP contribution in [0.3, 0.4) is 0 Å². The van der Waals surface area contributed by atoms with Crippen LogP contribution < -0.4 is 5.73 Å². The van der Waals surface area contributed by atoms with Crippen LogP contribution in [0.2, 0.25) is 0 Å². The summed E-state index contributed by atoms with van der Waals surface area (Å²) in [6.07, 6.45) is 6.24. The minimum atomic E-state index is -0.583. The molecule has 0 aromatic carbocycles. The Balaban J connectivity index is 2.06. The van der Waals surface area contributed by atoms with Crippen molar-refractivity contribution >= 4 is 11.7 Å². The number of hydrogen-bond acceptors (Lipinski definition) is 5. The highest BCUT2D eigenvalue weighted by atomic mass is 16.2. The number of ketones is 1. The molecule has 96 valence electrons. The van der Waals surface area contributed by atoms with Crippen LogP contribution in [0.15, 0.2) is 18.6 Å². The highest BCUT2D eigenvalue weighted by molar-refractivity contribution is 5.98. The lowest BCUT2D eigenvalue weighted by Gasteiger charge is -2.23. The molecule has 18 heavy (non-hydrogen) atoms. The van der Waals surface area contributed by atoms with Crippen LogP contribution in [-0.4, -0.2) is 45.2 Å². The molecular weight excluding hydrogens is 232 g/mol. The van der Waals surface area contributed by atoms with Crippen molar-refractivity contribution in [2.45, 2.75) is 31.8 Å². The average Bonchev–Trinajstić information content (AvgIpc) is 3.20. The zero-order chi connectivity index (χ0) is 13.1. The Morgan fingerprint density at radius 1 is 1.50 bits per heavy atom. The van der Waals surface area contributed by atoms with Gasteiger partial charge >= 0.3 is 0 Å². The molecule has 1 saturated carbocycles. The van der Waals surface area contributed by atoms with Gasteiger partial charge in [0.2, 0.25) is 11.7 Å².